The zero-order valence-corrected chi connectivity index (χ0v) is 11.7. The molecule has 0 aromatic carbocycles. The molecule has 0 aromatic heterocycles. The summed E-state index contributed by atoms with van der Waals surface area (Å²) in [7, 11) is 0. The van der Waals surface area contributed by atoms with Crippen molar-refractivity contribution in [3.8, 4) is 0 Å². The van der Waals surface area contributed by atoms with E-state index in [1.54, 1.807) is 4.90 Å². The van der Waals surface area contributed by atoms with E-state index in [4.69, 9.17) is 15.7 Å². The molecule has 6 heteroatoms. The number of carbonyl (C=O) groups excluding carboxylic acids is 1. The molecule has 0 atom stereocenters. The summed E-state index contributed by atoms with van der Waals surface area (Å²) in [5, 5.41) is 11.6. The smallest absolute Gasteiger partial charge is 0.223 e. The van der Waals surface area contributed by atoms with E-state index in [1.807, 2.05) is 6.92 Å². The van der Waals surface area contributed by atoms with Gasteiger partial charge in [0.2, 0.25) is 5.91 Å². The lowest BCUT2D eigenvalue weighted by Gasteiger charge is -2.28. The van der Waals surface area contributed by atoms with Crippen LogP contribution in [0.3, 0.4) is 0 Å². The van der Waals surface area contributed by atoms with Gasteiger partial charge in [0.05, 0.1) is 6.54 Å². The lowest BCUT2D eigenvalue weighted by molar-refractivity contribution is -0.133. The van der Waals surface area contributed by atoms with Crippen LogP contribution in [0.2, 0.25) is 0 Å². The minimum Gasteiger partial charge on any atom is -0.409 e. The SMILES string of the molecule is CCOCCCC(=O)N(CC(N)=NO)C1CCCC1. The van der Waals surface area contributed by atoms with E-state index < -0.39 is 0 Å². The molecule has 19 heavy (non-hydrogen) atoms. The first kappa shape index (κ1) is 15.8. The molecule has 0 heterocycles. The maximum Gasteiger partial charge on any atom is 0.223 e. The van der Waals surface area contributed by atoms with Crippen molar-refractivity contribution in [3.63, 3.8) is 0 Å². The van der Waals surface area contributed by atoms with Gasteiger partial charge in [0.25, 0.3) is 0 Å². The molecule has 0 unspecified atom stereocenters. The Balaban J connectivity index is 2.49. The fraction of sp³-hybridized carbons (Fsp3) is 0.846. The number of carbonyl (C=O) groups is 1. The molecule has 110 valence electrons. The molecule has 0 aromatic rings. The molecule has 1 rings (SSSR count). The number of nitrogens with zero attached hydrogens (tertiary/aromatic N) is 2. The first-order chi connectivity index (χ1) is 9.19. The Morgan fingerprint density at radius 3 is 2.74 bits per heavy atom. The van der Waals surface area contributed by atoms with Gasteiger partial charge in [0.15, 0.2) is 5.84 Å². The molecule has 0 radical (unpaired) electrons. The summed E-state index contributed by atoms with van der Waals surface area (Å²) in [6, 6.07) is 0.236. The number of nitrogens with two attached hydrogens (primary N) is 1. The highest BCUT2D eigenvalue weighted by Gasteiger charge is 2.26. The van der Waals surface area contributed by atoms with E-state index in [0.717, 1.165) is 25.7 Å². The minimum absolute atomic E-state index is 0.0678. The van der Waals surface area contributed by atoms with Gasteiger partial charge in [-0.3, -0.25) is 4.79 Å². The second kappa shape index (κ2) is 8.74. The average Bonchev–Trinajstić information content (AvgIpc) is 2.94. The fourth-order valence-electron chi connectivity index (χ4n) is 2.46. The van der Waals surface area contributed by atoms with Crippen molar-refractivity contribution in [1.29, 1.82) is 0 Å². The number of rotatable bonds is 8. The summed E-state index contributed by atoms with van der Waals surface area (Å²) in [4.78, 5) is 14.0. The van der Waals surface area contributed by atoms with Gasteiger partial charge in [-0.15, -0.1) is 0 Å². The van der Waals surface area contributed by atoms with Gasteiger partial charge in [0, 0.05) is 25.7 Å². The largest absolute Gasteiger partial charge is 0.409 e. The Bertz CT molecular complexity index is 302. The predicted molar refractivity (Wildman–Crippen MR) is 73.1 cm³/mol. The summed E-state index contributed by atoms with van der Waals surface area (Å²) in [6.07, 6.45) is 5.47. The third-order valence-corrected chi connectivity index (χ3v) is 3.43. The average molecular weight is 271 g/mol. The van der Waals surface area contributed by atoms with E-state index in [1.165, 1.54) is 0 Å². The van der Waals surface area contributed by atoms with Crippen LogP contribution in [0, 0.1) is 0 Å². The maximum atomic E-state index is 12.2. The minimum atomic E-state index is 0.0678. The number of hydrogen-bond acceptors (Lipinski definition) is 4. The summed E-state index contributed by atoms with van der Waals surface area (Å²) < 4.78 is 5.23. The molecule has 0 spiro atoms. The summed E-state index contributed by atoms with van der Waals surface area (Å²) in [5.41, 5.74) is 5.54. The standard InChI is InChI=1S/C13H25N3O3/c1-2-19-9-5-8-13(17)16(10-12(14)15-18)11-6-3-4-7-11/h11,18H,2-10H2,1H3,(H2,14,15). The highest BCUT2D eigenvalue weighted by atomic mass is 16.5. The fourth-order valence-corrected chi connectivity index (χ4v) is 2.46. The van der Waals surface area contributed by atoms with Crippen LogP contribution in [0.15, 0.2) is 5.16 Å². The molecular formula is C13H25N3O3. The zero-order chi connectivity index (χ0) is 14.1. The third kappa shape index (κ3) is 5.46. The van der Waals surface area contributed by atoms with Crippen LogP contribution in [0.5, 0.6) is 0 Å². The van der Waals surface area contributed by atoms with E-state index in [2.05, 4.69) is 5.16 Å². The Morgan fingerprint density at radius 2 is 2.16 bits per heavy atom. The molecule has 1 fully saturated rings. The molecule has 6 nitrogen and oxygen atoms in total. The molecule has 0 aliphatic heterocycles. The predicted octanol–water partition coefficient (Wildman–Crippen LogP) is 1.32. The molecule has 1 aliphatic rings. The van der Waals surface area contributed by atoms with Gasteiger partial charge in [-0.2, -0.15) is 0 Å². The van der Waals surface area contributed by atoms with Crippen LogP contribution in [-0.2, 0) is 9.53 Å². The topological polar surface area (TPSA) is 88.2 Å². The zero-order valence-electron chi connectivity index (χ0n) is 11.7. The van der Waals surface area contributed by atoms with Crippen molar-refractivity contribution in [3.05, 3.63) is 0 Å². The Labute approximate surface area is 114 Å². The van der Waals surface area contributed by atoms with Crippen LogP contribution < -0.4 is 5.73 Å². The van der Waals surface area contributed by atoms with Crippen LogP contribution >= 0.6 is 0 Å². The van der Waals surface area contributed by atoms with Crippen LogP contribution in [0.4, 0.5) is 0 Å². The van der Waals surface area contributed by atoms with Gasteiger partial charge in [-0.05, 0) is 26.2 Å². The van der Waals surface area contributed by atoms with Crippen molar-refractivity contribution in [2.75, 3.05) is 19.8 Å². The Morgan fingerprint density at radius 1 is 1.47 bits per heavy atom. The molecule has 1 aliphatic carbocycles. The Hall–Kier alpha value is -1.30. The maximum absolute atomic E-state index is 12.2. The van der Waals surface area contributed by atoms with E-state index in [9.17, 15) is 4.79 Å². The van der Waals surface area contributed by atoms with E-state index in [0.29, 0.717) is 26.1 Å². The van der Waals surface area contributed by atoms with Gasteiger partial charge in [-0.1, -0.05) is 18.0 Å². The summed E-state index contributed by atoms with van der Waals surface area (Å²) >= 11 is 0. The molecule has 0 bridgehead atoms. The summed E-state index contributed by atoms with van der Waals surface area (Å²) in [5.74, 6) is 0.156. The quantitative estimate of drug-likeness (QED) is 0.229. The van der Waals surface area contributed by atoms with Crippen LogP contribution in [0.25, 0.3) is 0 Å². The second-order valence-electron chi connectivity index (χ2n) is 4.85. The number of hydrogen-bond donors (Lipinski definition) is 2. The van der Waals surface area contributed by atoms with Gasteiger partial charge in [0.1, 0.15) is 0 Å². The van der Waals surface area contributed by atoms with Crippen molar-refractivity contribution in [2.24, 2.45) is 10.9 Å². The highest BCUT2D eigenvalue weighted by molar-refractivity contribution is 5.87. The Kier molecular flexibility index (Phi) is 7.25. The van der Waals surface area contributed by atoms with Gasteiger partial charge in [-0.25, -0.2) is 0 Å². The number of ether oxygens (including phenoxy) is 1. The monoisotopic (exact) mass is 271 g/mol. The molecule has 0 saturated heterocycles. The third-order valence-electron chi connectivity index (χ3n) is 3.43. The number of amides is 1. The van der Waals surface area contributed by atoms with E-state index in [-0.39, 0.29) is 24.3 Å². The van der Waals surface area contributed by atoms with Crippen molar-refractivity contribution in [2.45, 2.75) is 51.5 Å². The molecule has 1 amide bonds. The normalized spacial score (nSPS) is 16.8. The second-order valence-corrected chi connectivity index (χ2v) is 4.85. The van der Waals surface area contributed by atoms with Crippen LogP contribution in [0.1, 0.15) is 45.4 Å². The van der Waals surface area contributed by atoms with E-state index >= 15 is 0 Å². The first-order valence-electron chi connectivity index (χ1n) is 7.02. The van der Waals surface area contributed by atoms with Gasteiger partial charge < -0.3 is 20.6 Å². The lowest BCUT2D eigenvalue weighted by atomic mass is 10.1. The van der Waals surface area contributed by atoms with Crippen molar-refractivity contribution >= 4 is 11.7 Å². The number of amidine groups is 1. The molecule has 3 N–H and O–H groups in total. The number of oxime groups is 1. The van der Waals surface area contributed by atoms with Crippen LogP contribution in [-0.4, -0.2) is 47.7 Å². The van der Waals surface area contributed by atoms with Crippen molar-refractivity contribution < 1.29 is 14.7 Å². The highest BCUT2D eigenvalue weighted by Crippen LogP contribution is 2.24. The van der Waals surface area contributed by atoms with Crippen molar-refractivity contribution in [1.82, 2.24) is 4.90 Å². The molecule has 1 saturated carbocycles. The lowest BCUT2D eigenvalue weighted by Crippen LogP contribution is -2.44. The summed E-state index contributed by atoms with van der Waals surface area (Å²) in [6.45, 7) is 3.43. The molecular weight excluding hydrogens is 246 g/mol. The van der Waals surface area contributed by atoms with Gasteiger partial charge >= 0.3 is 0 Å². The first-order valence-corrected chi connectivity index (χ1v) is 7.02.